The Morgan fingerprint density at radius 2 is 1.52 bits per heavy atom. The van der Waals surface area contributed by atoms with E-state index in [1.54, 1.807) is 7.05 Å². The number of hydrogen-bond donors (Lipinski definition) is 4. The first kappa shape index (κ1) is 30.3. The van der Waals surface area contributed by atoms with Crippen molar-refractivity contribution in [1.82, 2.24) is 15.5 Å². The second-order valence-electron chi connectivity index (χ2n) is 10.1. The van der Waals surface area contributed by atoms with Gasteiger partial charge in [-0.05, 0) is 47.6 Å². The van der Waals surface area contributed by atoms with E-state index >= 15 is 0 Å². The van der Waals surface area contributed by atoms with Crippen LogP contribution >= 0.6 is 0 Å². The van der Waals surface area contributed by atoms with Crippen LogP contribution in [0.25, 0.3) is 10.8 Å². The minimum absolute atomic E-state index is 0.130. The van der Waals surface area contributed by atoms with Gasteiger partial charge in [-0.2, -0.15) is 0 Å². The number of nitrogens with one attached hydrogen (secondary N) is 2. The molecule has 3 rings (SSSR count). The molecule has 0 bridgehead atoms. The summed E-state index contributed by atoms with van der Waals surface area (Å²) >= 11 is 0. The molecule has 3 aromatic rings. The van der Waals surface area contributed by atoms with Crippen molar-refractivity contribution in [1.29, 1.82) is 0 Å². The first-order valence-corrected chi connectivity index (χ1v) is 13.5. The number of hydrogen-bond acceptors (Lipinski definition) is 5. The van der Waals surface area contributed by atoms with Gasteiger partial charge in [-0.25, -0.2) is 0 Å². The Morgan fingerprint density at radius 3 is 2.20 bits per heavy atom. The fourth-order valence-electron chi connectivity index (χ4n) is 4.66. The lowest BCUT2D eigenvalue weighted by molar-refractivity contribution is -0.140. The highest BCUT2D eigenvalue weighted by Crippen LogP contribution is 2.18. The molecule has 0 aliphatic heterocycles. The van der Waals surface area contributed by atoms with Crippen molar-refractivity contribution >= 4 is 34.4 Å². The summed E-state index contributed by atoms with van der Waals surface area (Å²) in [5, 5.41) is 7.60. The van der Waals surface area contributed by atoms with Gasteiger partial charge in [-0.3, -0.25) is 19.2 Å². The van der Waals surface area contributed by atoms with Gasteiger partial charge in [0.1, 0.15) is 12.1 Å². The maximum absolute atomic E-state index is 13.5. The number of primary amides is 1. The molecule has 40 heavy (non-hydrogen) atoms. The maximum Gasteiger partial charge on any atom is 0.243 e. The molecule has 0 saturated carbocycles. The van der Waals surface area contributed by atoms with E-state index in [1.807, 2.05) is 72.8 Å². The molecule has 6 N–H and O–H groups in total. The maximum atomic E-state index is 13.5. The summed E-state index contributed by atoms with van der Waals surface area (Å²) in [6, 6.07) is 20.6. The van der Waals surface area contributed by atoms with Gasteiger partial charge in [0.15, 0.2) is 0 Å². The van der Waals surface area contributed by atoms with Crippen LogP contribution in [0.5, 0.6) is 0 Å². The summed E-state index contributed by atoms with van der Waals surface area (Å²) in [5.41, 5.74) is 13.7. The molecule has 3 atom stereocenters. The van der Waals surface area contributed by atoms with E-state index in [4.69, 9.17) is 11.5 Å². The van der Waals surface area contributed by atoms with Crippen molar-refractivity contribution in [3.05, 3.63) is 83.9 Å². The van der Waals surface area contributed by atoms with Gasteiger partial charge in [0.05, 0.1) is 6.04 Å². The minimum Gasteiger partial charge on any atom is -0.368 e. The number of nitrogens with zero attached hydrogens (tertiary/aromatic N) is 1. The van der Waals surface area contributed by atoms with Crippen molar-refractivity contribution in [2.24, 2.45) is 11.5 Å². The number of benzene rings is 3. The summed E-state index contributed by atoms with van der Waals surface area (Å²) in [5.74, 6) is -1.65. The standard InChI is InChI=1S/C31H39N5O4/c1-21(37)34-17-9-8-14-27(29(33)38)35-30(39)28(20-22-10-4-3-5-11-22)36(2)31(40)26(32)19-23-15-16-24-12-6-7-13-25(24)18-23/h3-7,10-13,15-16,18,26-28H,8-9,14,17,19-20,32H2,1-2H3,(H2,33,38)(H,34,37)(H,35,39)/t26-,27+,28-/m1/s1. The summed E-state index contributed by atoms with van der Waals surface area (Å²) in [6.07, 6.45) is 2.08. The number of carbonyl (C=O) groups excluding carboxylic acids is 4. The van der Waals surface area contributed by atoms with Gasteiger partial charge in [0.25, 0.3) is 0 Å². The Balaban J connectivity index is 1.71. The quantitative estimate of drug-likeness (QED) is 0.229. The third kappa shape index (κ3) is 8.91. The van der Waals surface area contributed by atoms with Crippen LogP contribution < -0.4 is 22.1 Å². The number of nitrogens with two attached hydrogens (primary N) is 2. The number of fused-ring (bicyclic) bond motifs is 1. The molecule has 3 aromatic carbocycles. The zero-order valence-electron chi connectivity index (χ0n) is 23.1. The zero-order valence-corrected chi connectivity index (χ0v) is 23.1. The van der Waals surface area contributed by atoms with Crippen LogP contribution in [0.3, 0.4) is 0 Å². The van der Waals surface area contributed by atoms with E-state index in [1.165, 1.54) is 11.8 Å². The average Bonchev–Trinajstić information content (AvgIpc) is 2.94. The number of carbonyl (C=O) groups is 4. The van der Waals surface area contributed by atoms with Crippen LogP contribution in [-0.2, 0) is 32.0 Å². The van der Waals surface area contributed by atoms with Crippen LogP contribution in [0.15, 0.2) is 72.8 Å². The summed E-state index contributed by atoms with van der Waals surface area (Å²) in [6.45, 7) is 1.91. The van der Waals surface area contributed by atoms with E-state index in [9.17, 15) is 19.2 Å². The van der Waals surface area contributed by atoms with E-state index in [0.717, 1.165) is 21.9 Å². The lowest BCUT2D eigenvalue weighted by Crippen LogP contribution is -2.56. The van der Waals surface area contributed by atoms with E-state index in [-0.39, 0.29) is 18.2 Å². The molecule has 9 nitrogen and oxygen atoms in total. The molecule has 0 aliphatic carbocycles. The number of likely N-dealkylation sites (N-methyl/N-ethyl adjacent to an activating group) is 1. The lowest BCUT2D eigenvalue weighted by Gasteiger charge is -2.31. The van der Waals surface area contributed by atoms with E-state index in [2.05, 4.69) is 10.6 Å². The Kier molecular flexibility index (Phi) is 11.2. The van der Waals surface area contributed by atoms with Crippen LogP contribution in [0.4, 0.5) is 0 Å². The SMILES string of the molecule is CC(=O)NCCCC[C@H](NC(=O)[C@@H](Cc1ccccc1)N(C)C(=O)[C@H](N)Cc1ccc2ccccc2c1)C(N)=O. The van der Waals surface area contributed by atoms with E-state index < -0.39 is 29.9 Å². The molecule has 0 saturated heterocycles. The first-order valence-electron chi connectivity index (χ1n) is 13.5. The van der Waals surface area contributed by atoms with Gasteiger partial charge < -0.3 is 27.0 Å². The predicted molar refractivity (Wildman–Crippen MR) is 156 cm³/mol. The van der Waals surface area contributed by atoms with E-state index in [0.29, 0.717) is 32.2 Å². The van der Waals surface area contributed by atoms with Crippen molar-refractivity contribution < 1.29 is 19.2 Å². The normalized spacial score (nSPS) is 13.2. The highest BCUT2D eigenvalue weighted by Gasteiger charge is 2.32. The molecular formula is C31H39N5O4. The molecule has 4 amide bonds. The smallest absolute Gasteiger partial charge is 0.243 e. The molecule has 0 unspecified atom stereocenters. The highest BCUT2D eigenvalue weighted by atomic mass is 16.2. The van der Waals surface area contributed by atoms with Crippen LogP contribution in [0.1, 0.15) is 37.3 Å². The van der Waals surface area contributed by atoms with Crippen molar-refractivity contribution in [2.75, 3.05) is 13.6 Å². The first-order chi connectivity index (χ1) is 19.2. The minimum atomic E-state index is -0.905. The Morgan fingerprint density at radius 1 is 0.850 bits per heavy atom. The topological polar surface area (TPSA) is 148 Å². The second kappa shape index (κ2) is 14.8. The molecule has 0 spiro atoms. The molecule has 212 valence electrons. The lowest BCUT2D eigenvalue weighted by atomic mass is 9.99. The van der Waals surface area contributed by atoms with Crippen molar-refractivity contribution in [2.45, 2.75) is 57.2 Å². The van der Waals surface area contributed by atoms with Gasteiger partial charge in [0, 0.05) is 26.9 Å². The number of unbranched alkanes of at least 4 members (excludes halogenated alkanes) is 1. The Bertz CT molecular complexity index is 1310. The van der Waals surface area contributed by atoms with Crippen LogP contribution in [-0.4, -0.2) is 60.2 Å². The highest BCUT2D eigenvalue weighted by molar-refractivity contribution is 5.93. The molecule has 0 aliphatic rings. The van der Waals surface area contributed by atoms with Gasteiger partial charge in [-0.15, -0.1) is 0 Å². The predicted octanol–water partition coefficient (Wildman–Crippen LogP) is 2.06. The van der Waals surface area contributed by atoms with Gasteiger partial charge >= 0.3 is 0 Å². The summed E-state index contributed by atoms with van der Waals surface area (Å²) in [7, 11) is 1.56. The molecule has 0 aromatic heterocycles. The van der Waals surface area contributed by atoms with Gasteiger partial charge in [0.2, 0.25) is 23.6 Å². The second-order valence-corrected chi connectivity index (χ2v) is 10.1. The fraction of sp³-hybridized carbons (Fsp3) is 0.355. The van der Waals surface area contributed by atoms with Crippen LogP contribution in [0, 0.1) is 0 Å². The summed E-state index contributed by atoms with van der Waals surface area (Å²) < 4.78 is 0. The molecule has 0 radical (unpaired) electrons. The average molecular weight is 546 g/mol. The van der Waals surface area contributed by atoms with Crippen LogP contribution in [0.2, 0.25) is 0 Å². The largest absolute Gasteiger partial charge is 0.368 e. The monoisotopic (exact) mass is 545 g/mol. The number of amides is 4. The third-order valence-corrected chi connectivity index (χ3v) is 6.93. The Hall–Kier alpha value is -4.24. The number of rotatable bonds is 14. The van der Waals surface area contributed by atoms with Crippen molar-refractivity contribution in [3.63, 3.8) is 0 Å². The Labute approximate surface area is 235 Å². The molecule has 0 heterocycles. The third-order valence-electron chi connectivity index (χ3n) is 6.93. The van der Waals surface area contributed by atoms with Crippen molar-refractivity contribution in [3.8, 4) is 0 Å². The molecular weight excluding hydrogens is 506 g/mol. The summed E-state index contributed by atoms with van der Waals surface area (Å²) in [4.78, 5) is 51.5. The van der Waals surface area contributed by atoms with Gasteiger partial charge in [-0.1, -0.05) is 72.8 Å². The molecule has 9 heteroatoms. The molecule has 0 fully saturated rings. The zero-order chi connectivity index (χ0) is 29.1. The fourth-order valence-corrected chi connectivity index (χ4v) is 4.66.